The maximum Gasteiger partial charge on any atom is 0.138 e. The molecule has 0 saturated heterocycles. The molecule has 0 radical (unpaired) electrons. The van der Waals surface area contributed by atoms with E-state index >= 15 is 0 Å². The van der Waals surface area contributed by atoms with Gasteiger partial charge in [-0.1, -0.05) is 177 Å². The molecule has 0 fully saturated rings. The SMILES string of the molecule is CC(C)c1ccc2c(c1)oc1ccccc12.CC(C)c1ccc2oc3ccccc3c2c1.CC(C)c1cccc2c1oc1ccccc12.CC(C)c1cccc2oc3ccccc3c12. The van der Waals surface area contributed by atoms with Gasteiger partial charge in [-0.2, -0.15) is 0 Å². The number of furan rings is 4. The van der Waals surface area contributed by atoms with Gasteiger partial charge >= 0.3 is 0 Å². The first-order chi connectivity index (χ1) is 31.0. The molecule has 4 nitrogen and oxygen atoms in total. The van der Waals surface area contributed by atoms with Gasteiger partial charge in [0.1, 0.15) is 44.7 Å². The fraction of sp³-hybridized carbons (Fsp3) is 0.200. The van der Waals surface area contributed by atoms with Crippen molar-refractivity contribution in [2.24, 2.45) is 0 Å². The Kier molecular flexibility index (Phi) is 11.9. The summed E-state index contributed by atoms with van der Waals surface area (Å²) < 4.78 is 23.4. The molecule has 4 heterocycles. The molecule has 0 N–H and O–H groups in total. The van der Waals surface area contributed by atoms with Gasteiger partial charge in [-0.3, -0.25) is 0 Å². The van der Waals surface area contributed by atoms with Gasteiger partial charge in [0.2, 0.25) is 0 Å². The quantitative estimate of drug-likeness (QED) is 0.177. The van der Waals surface area contributed by atoms with Gasteiger partial charge in [0, 0.05) is 43.1 Å². The maximum absolute atomic E-state index is 5.94. The largest absolute Gasteiger partial charge is 0.456 e. The Morgan fingerprint density at radius 3 is 1.30 bits per heavy atom. The minimum atomic E-state index is 0.490. The third-order valence-corrected chi connectivity index (χ3v) is 12.3. The third kappa shape index (κ3) is 8.29. The van der Waals surface area contributed by atoms with E-state index in [4.69, 9.17) is 17.7 Å². The second-order valence-corrected chi connectivity index (χ2v) is 18.0. The number of para-hydroxylation sites is 5. The molecule has 4 aromatic heterocycles. The molecule has 0 saturated carbocycles. The van der Waals surface area contributed by atoms with Crippen LogP contribution in [-0.2, 0) is 0 Å². The molecule has 0 atom stereocenters. The van der Waals surface area contributed by atoms with Crippen molar-refractivity contribution >= 4 is 87.8 Å². The molecule has 320 valence electrons. The van der Waals surface area contributed by atoms with Gasteiger partial charge in [-0.25, -0.2) is 0 Å². The van der Waals surface area contributed by atoms with Crippen LogP contribution in [0, 0.1) is 0 Å². The van der Waals surface area contributed by atoms with Crippen molar-refractivity contribution in [1.82, 2.24) is 0 Å². The lowest BCUT2D eigenvalue weighted by atomic mass is 9.97. The normalized spacial score (nSPS) is 11.7. The molecular weight excluding hydrogens is 785 g/mol. The second-order valence-electron chi connectivity index (χ2n) is 18.0. The molecule has 0 bridgehead atoms. The number of fused-ring (bicyclic) bond motifs is 12. The maximum atomic E-state index is 5.94. The van der Waals surface area contributed by atoms with Crippen molar-refractivity contribution < 1.29 is 17.7 Å². The Balaban J connectivity index is 0.000000108. The number of hydrogen-bond acceptors (Lipinski definition) is 4. The van der Waals surface area contributed by atoms with Crippen LogP contribution in [0.5, 0.6) is 0 Å². The smallest absolute Gasteiger partial charge is 0.138 e. The number of rotatable bonds is 4. The van der Waals surface area contributed by atoms with E-state index in [1.54, 1.807) is 0 Å². The van der Waals surface area contributed by atoms with Gasteiger partial charge in [0.25, 0.3) is 0 Å². The summed E-state index contributed by atoms with van der Waals surface area (Å²) in [6.07, 6.45) is 0. The molecule has 8 aromatic carbocycles. The van der Waals surface area contributed by atoms with Crippen LogP contribution in [0.1, 0.15) is 101 Å². The molecule has 0 unspecified atom stereocenters. The summed E-state index contributed by atoms with van der Waals surface area (Å²) in [6, 6.07) is 58.5. The first-order valence-corrected chi connectivity index (χ1v) is 22.7. The lowest BCUT2D eigenvalue weighted by Gasteiger charge is -2.06. The summed E-state index contributed by atoms with van der Waals surface area (Å²) >= 11 is 0. The fourth-order valence-corrected chi connectivity index (χ4v) is 8.71. The van der Waals surface area contributed by atoms with E-state index < -0.39 is 0 Å². The van der Waals surface area contributed by atoms with Crippen LogP contribution in [0.15, 0.2) is 188 Å². The lowest BCUT2D eigenvalue weighted by Crippen LogP contribution is -1.87. The molecule has 64 heavy (non-hydrogen) atoms. The highest BCUT2D eigenvalue weighted by atomic mass is 16.3. The van der Waals surface area contributed by atoms with Crippen LogP contribution in [0.25, 0.3) is 87.8 Å². The minimum absolute atomic E-state index is 0.490. The molecule has 12 aromatic rings. The van der Waals surface area contributed by atoms with E-state index in [1.165, 1.54) is 65.3 Å². The molecule has 4 heteroatoms. The number of hydrogen-bond donors (Lipinski definition) is 0. The highest BCUT2D eigenvalue weighted by Crippen LogP contribution is 2.36. The van der Waals surface area contributed by atoms with Crippen LogP contribution in [0.4, 0.5) is 0 Å². The minimum Gasteiger partial charge on any atom is -0.456 e. The summed E-state index contributed by atoms with van der Waals surface area (Å²) in [5, 5.41) is 9.77. The highest BCUT2D eigenvalue weighted by molar-refractivity contribution is 6.08. The van der Waals surface area contributed by atoms with Crippen molar-refractivity contribution in [3.63, 3.8) is 0 Å². The zero-order valence-corrected chi connectivity index (χ0v) is 38.1. The van der Waals surface area contributed by atoms with Gasteiger partial charge in [0.05, 0.1) is 0 Å². The van der Waals surface area contributed by atoms with Gasteiger partial charge in [-0.15, -0.1) is 0 Å². The zero-order chi connectivity index (χ0) is 44.5. The average molecular weight is 841 g/mol. The van der Waals surface area contributed by atoms with E-state index in [-0.39, 0.29) is 0 Å². The summed E-state index contributed by atoms with van der Waals surface area (Å²) in [6.45, 7) is 17.7. The first-order valence-electron chi connectivity index (χ1n) is 22.7. The molecule has 0 amide bonds. The summed E-state index contributed by atoms with van der Waals surface area (Å²) in [5.74, 6) is 2.10. The van der Waals surface area contributed by atoms with Crippen molar-refractivity contribution in [2.75, 3.05) is 0 Å². The first kappa shape index (κ1) is 42.3. The Bertz CT molecular complexity index is 3500. The molecule has 12 rings (SSSR count). The van der Waals surface area contributed by atoms with Crippen molar-refractivity contribution in [2.45, 2.75) is 79.1 Å². The zero-order valence-electron chi connectivity index (χ0n) is 38.1. The lowest BCUT2D eigenvalue weighted by molar-refractivity contribution is 0.657. The topological polar surface area (TPSA) is 52.6 Å². The van der Waals surface area contributed by atoms with Crippen molar-refractivity contribution in [3.8, 4) is 0 Å². The fourth-order valence-electron chi connectivity index (χ4n) is 8.71. The van der Waals surface area contributed by atoms with Crippen LogP contribution >= 0.6 is 0 Å². The summed E-state index contributed by atoms with van der Waals surface area (Å²) in [5.41, 5.74) is 13.2. The second kappa shape index (κ2) is 18.0. The average Bonchev–Trinajstić information content (AvgIpc) is 4.09. The van der Waals surface area contributed by atoms with E-state index in [2.05, 4.69) is 165 Å². The Labute approximate surface area is 375 Å². The predicted octanol–water partition coefficient (Wildman–Crippen LogP) is 18.8. The standard InChI is InChI=1S/4C15H14O/c1-10(2)11-7-5-8-13-12-6-3-4-9-14(12)16-15(11)13;1-10(2)11-7-5-9-14-15(11)12-6-3-4-8-13(12)16-14;1-10(2)11-7-8-15-13(9-11)12-5-3-4-6-14(12)16-15;1-10(2)11-7-8-13-12-5-3-4-6-14(12)16-15(13)9-11/h4*3-10H,1-2H3. The van der Waals surface area contributed by atoms with E-state index in [9.17, 15) is 0 Å². The van der Waals surface area contributed by atoms with E-state index in [0.29, 0.717) is 23.7 Å². The van der Waals surface area contributed by atoms with E-state index in [0.717, 1.165) is 44.7 Å². The summed E-state index contributed by atoms with van der Waals surface area (Å²) in [4.78, 5) is 0. The van der Waals surface area contributed by atoms with Crippen LogP contribution in [0.2, 0.25) is 0 Å². The van der Waals surface area contributed by atoms with Gasteiger partial charge in [0.15, 0.2) is 0 Å². The molecular formula is C60H56O4. The molecule has 0 aliphatic carbocycles. The van der Waals surface area contributed by atoms with Crippen molar-refractivity contribution in [3.05, 3.63) is 192 Å². The van der Waals surface area contributed by atoms with Gasteiger partial charge < -0.3 is 17.7 Å². The Hall–Kier alpha value is -7.04. The van der Waals surface area contributed by atoms with Crippen LogP contribution in [-0.4, -0.2) is 0 Å². The highest BCUT2D eigenvalue weighted by Gasteiger charge is 2.14. The monoisotopic (exact) mass is 840 g/mol. The molecule has 0 aliphatic rings. The molecule has 0 aliphatic heterocycles. The van der Waals surface area contributed by atoms with Crippen molar-refractivity contribution in [1.29, 1.82) is 0 Å². The Morgan fingerprint density at radius 1 is 0.266 bits per heavy atom. The van der Waals surface area contributed by atoms with Crippen LogP contribution in [0.3, 0.4) is 0 Å². The van der Waals surface area contributed by atoms with Crippen LogP contribution < -0.4 is 0 Å². The Morgan fingerprint density at radius 2 is 0.672 bits per heavy atom. The molecule has 0 spiro atoms. The van der Waals surface area contributed by atoms with E-state index in [1.807, 2.05) is 60.7 Å². The number of benzene rings is 8. The van der Waals surface area contributed by atoms with Gasteiger partial charge in [-0.05, 0) is 94.5 Å². The third-order valence-electron chi connectivity index (χ3n) is 12.3. The summed E-state index contributed by atoms with van der Waals surface area (Å²) in [7, 11) is 0. The predicted molar refractivity (Wildman–Crippen MR) is 271 cm³/mol.